The number of hydrogen-bond donors (Lipinski definition) is 0. The molecule has 0 aliphatic heterocycles. The molecule has 106 valence electrons. The van der Waals surface area contributed by atoms with Crippen LogP contribution in [0.1, 0.15) is 11.4 Å². The number of aryl methyl sites for hydroxylation is 2. The van der Waals surface area contributed by atoms with E-state index in [-0.39, 0.29) is 0 Å². The van der Waals surface area contributed by atoms with E-state index in [1.807, 2.05) is 18.3 Å². The van der Waals surface area contributed by atoms with Crippen LogP contribution in [-0.4, -0.2) is 39.7 Å². The fraction of sp³-hybridized carbons (Fsp3) is 0.118. The molecule has 0 N–H and O–H groups in total. The zero-order valence-electron chi connectivity index (χ0n) is 12.2. The SMILES string of the molecule is Cc1n[c]([Bi])nc(-c2c(C)ccc3c2sc2ccccc23)n1. The van der Waals surface area contributed by atoms with Gasteiger partial charge in [-0.1, -0.05) is 0 Å². The average molecular weight is 499 g/mol. The van der Waals surface area contributed by atoms with Crippen molar-refractivity contribution in [1.82, 2.24) is 15.0 Å². The number of rotatable bonds is 1. The van der Waals surface area contributed by atoms with Gasteiger partial charge in [0.25, 0.3) is 0 Å². The van der Waals surface area contributed by atoms with Gasteiger partial charge in [-0.2, -0.15) is 0 Å². The Kier molecular flexibility index (Phi) is 3.43. The van der Waals surface area contributed by atoms with Crippen LogP contribution in [0, 0.1) is 13.8 Å². The zero-order valence-corrected chi connectivity index (χ0v) is 16.5. The van der Waals surface area contributed by atoms with Crippen molar-refractivity contribution in [3.63, 3.8) is 0 Å². The Balaban J connectivity index is 2.14. The molecule has 4 rings (SSSR count). The molecule has 2 radical (unpaired) electrons. The van der Waals surface area contributed by atoms with Gasteiger partial charge in [0.05, 0.1) is 0 Å². The van der Waals surface area contributed by atoms with Crippen LogP contribution in [0.4, 0.5) is 0 Å². The Labute approximate surface area is 147 Å². The minimum atomic E-state index is 0.792. The van der Waals surface area contributed by atoms with Crippen LogP contribution >= 0.6 is 11.3 Å². The Hall–Kier alpha value is -1.45. The summed E-state index contributed by atoms with van der Waals surface area (Å²) in [5.74, 6) is 1.60. The maximum atomic E-state index is 4.62. The molecule has 0 aliphatic rings. The summed E-state index contributed by atoms with van der Waals surface area (Å²) in [4.78, 5) is 13.5. The monoisotopic (exact) mass is 499 g/mol. The molecule has 4 aromatic rings. The molecular formula is C17H12BiN3S. The number of thiophene rings is 1. The normalized spacial score (nSPS) is 11.4. The first-order valence-electron chi connectivity index (χ1n) is 6.96. The standard InChI is InChI=1S/C17H12N3S.Bi/c1-10-7-8-13-12-5-3-4-6-14(12)21-16(13)15(10)17-19-9-18-11(2)20-17;/h3-8H,1-2H3;. The topological polar surface area (TPSA) is 38.7 Å². The quantitative estimate of drug-likeness (QED) is 0.378. The van der Waals surface area contributed by atoms with Crippen molar-refractivity contribution in [2.45, 2.75) is 13.8 Å². The molecule has 0 atom stereocenters. The predicted molar refractivity (Wildman–Crippen MR) is 93.0 cm³/mol. The number of aromatic nitrogens is 3. The molecule has 0 saturated carbocycles. The molecule has 0 spiro atoms. The summed E-state index contributed by atoms with van der Waals surface area (Å²) >= 11 is 2.87. The summed E-state index contributed by atoms with van der Waals surface area (Å²) in [7, 11) is 0. The van der Waals surface area contributed by atoms with Crippen LogP contribution in [0.15, 0.2) is 36.4 Å². The molecule has 0 bridgehead atoms. The average Bonchev–Trinajstić information content (AvgIpc) is 2.84. The molecule has 0 saturated heterocycles. The van der Waals surface area contributed by atoms with Crippen LogP contribution in [0.5, 0.6) is 0 Å². The van der Waals surface area contributed by atoms with E-state index in [0.29, 0.717) is 0 Å². The molecule has 0 unspecified atom stereocenters. The first kappa shape index (κ1) is 14.2. The molecule has 3 nitrogen and oxygen atoms in total. The van der Waals surface area contributed by atoms with Gasteiger partial charge in [-0.25, -0.2) is 0 Å². The number of nitrogens with zero attached hydrogens (tertiary/aromatic N) is 3. The van der Waals surface area contributed by atoms with E-state index in [0.717, 1.165) is 45.5 Å². The van der Waals surface area contributed by atoms with Gasteiger partial charge in [0.1, 0.15) is 0 Å². The molecule has 0 fully saturated rings. The van der Waals surface area contributed by atoms with Gasteiger partial charge in [-0.3, -0.25) is 0 Å². The summed E-state index contributed by atoms with van der Waals surface area (Å²) in [5.41, 5.74) is 2.36. The van der Waals surface area contributed by atoms with Gasteiger partial charge in [0.15, 0.2) is 0 Å². The van der Waals surface area contributed by atoms with Crippen molar-refractivity contribution in [3.05, 3.63) is 47.8 Å². The van der Waals surface area contributed by atoms with E-state index in [2.05, 4.69) is 58.3 Å². The van der Waals surface area contributed by atoms with Gasteiger partial charge in [-0.15, -0.1) is 0 Å². The summed E-state index contributed by atoms with van der Waals surface area (Å²) in [5, 5.41) is 2.59. The Morgan fingerprint density at radius 2 is 1.73 bits per heavy atom. The molecule has 5 heteroatoms. The van der Waals surface area contributed by atoms with Crippen molar-refractivity contribution in [1.29, 1.82) is 0 Å². The van der Waals surface area contributed by atoms with Gasteiger partial charge in [-0.05, 0) is 0 Å². The van der Waals surface area contributed by atoms with E-state index in [4.69, 9.17) is 0 Å². The molecular weight excluding hydrogens is 487 g/mol. The number of fused-ring (bicyclic) bond motifs is 3. The van der Waals surface area contributed by atoms with Crippen LogP contribution in [-0.2, 0) is 0 Å². The van der Waals surface area contributed by atoms with Gasteiger partial charge in [0, 0.05) is 0 Å². The van der Waals surface area contributed by atoms with Crippen LogP contribution in [0.2, 0.25) is 0 Å². The molecule has 2 aromatic heterocycles. The number of benzene rings is 2. The van der Waals surface area contributed by atoms with Gasteiger partial charge in [0.2, 0.25) is 0 Å². The third kappa shape index (κ3) is 2.24. The van der Waals surface area contributed by atoms with Crippen molar-refractivity contribution in [3.8, 4) is 11.4 Å². The first-order valence-corrected chi connectivity index (χ1v) is 9.52. The maximum absolute atomic E-state index is 4.62. The second-order valence-electron chi connectivity index (χ2n) is 5.24. The van der Waals surface area contributed by atoms with Crippen LogP contribution in [0.25, 0.3) is 31.6 Å². The molecule has 0 amide bonds. The Bertz CT molecular complexity index is 1000. The van der Waals surface area contributed by atoms with Crippen LogP contribution in [0.3, 0.4) is 0 Å². The third-order valence-corrected chi connectivity index (χ3v) is 5.70. The van der Waals surface area contributed by atoms with Crippen molar-refractivity contribution < 1.29 is 0 Å². The van der Waals surface area contributed by atoms with E-state index in [1.54, 1.807) is 0 Å². The van der Waals surface area contributed by atoms with Gasteiger partial charge < -0.3 is 0 Å². The van der Waals surface area contributed by atoms with Crippen molar-refractivity contribution in [2.75, 3.05) is 0 Å². The van der Waals surface area contributed by atoms with E-state index in [9.17, 15) is 0 Å². The predicted octanol–water partition coefficient (Wildman–Crippen LogP) is 3.32. The van der Waals surface area contributed by atoms with Crippen LogP contribution < -0.4 is 3.53 Å². The zero-order chi connectivity index (χ0) is 15.3. The molecule has 2 heterocycles. The fourth-order valence-electron chi connectivity index (χ4n) is 2.74. The Morgan fingerprint density at radius 3 is 2.55 bits per heavy atom. The van der Waals surface area contributed by atoms with Crippen molar-refractivity contribution in [2.24, 2.45) is 0 Å². The summed E-state index contributed by atoms with van der Waals surface area (Å²) in [6, 6.07) is 12.9. The molecule has 22 heavy (non-hydrogen) atoms. The van der Waals surface area contributed by atoms with E-state index < -0.39 is 0 Å². The minimum absolute atomic E-state index is 0.792. The first-order chi connectivity index (χ1) is 10.6. The van der Waals surface area contributed by atoms with E-state index in [1.165, 1.54) is 25.7 Å². The summed E-state index contributed by atoms with van der Waals surface area (Å²) in [6.45, 7) is 4.06. The Morgan fingerprint density at radius 1 is 0.909 bits per heavy atom. The second kappa shape index (κ2) is 5.32. The molecule has 2 aromatic carbocycles. The second-order valence-corrected chi connectivity index (χ2v) is 7.85. The van der Waals surface area contributed by atoms with Gasteiger partial charge >= 0.3 is 148 Å². The fourth-order valence-corrected chi connectivity index (χ4v) is 4.97. The van der Waals surface area contributed by atoms with E-state index >= 15 is 0 Å². The summed E-state index contributed by atoms with van der Waals surface area (Å²) in [6.07, 6.45) is 0. The number of hydrogen-bond acceptors (Lipinski definition) is 4. The van der Waals surface area contributed by atoms with Crippen molar-refractivity contribution >= 4 is 59.8 Å². The third-order valence-electron chi connectivity index (χ3n) is 3.71. The summed E-state index contributed by atoms with van der Waals surface area (Å²) < 4.78 is 3.45. The molecule has 0 aliphatic carbocycles.